The van der Waals surface area contributed by atoms with E-state index in [1.54, 1.807) is 47.2 Å². The Labute approximate surface area is 156 Å². The topological polar surface area (TPSA) is 71.2 Å². The molecule has 0 amide bonds. The first-order valence-electron chi connectivity index (χ1n) is 8.49. The number of rotatable bonds is 4. The van der Waals surface area contributed by atoms with Crippen LogP contribution in [0.2, 0.25) is 0 Å². The van der Waals surface area contributed by atoms with Crippen molar-refractivity contribution in [2.24, 2.45) is 0 Å². The minimum atomic E-state index is 0.137. The van der Waals surface area contributed by atoms with Crippen LogP contribution in [0, 0.1) is 0 Å². The van der Waals surface area contributed by atoms with E-state index in [0.29, 0.717) is 22.8 Å². The Kier molecular flexibility index (Phi) is 4.41. The van der Waals surface area contributed by atoms with E-state index >= 15 is 0 Å². The van der Waals surface area contributed by atoms with Crippen LogP contribution < -0.4 is 0 Å². The van der Waals surface area contributed by atoms with E-state index < -0.39 is 0 Å². The van der Waals surface area contributed by atoms with E-state index in [0.717, 1.165) is 5.69 Å². The van der Waals surface area contributed by atoms with Gasteiger partial charge in [0, 0.05) is 5.56 Å². The zero-order valence-electron chi connectivity index (χ0n) is 14.4. The maximum atomic E-state index is 10.3. The first kappa shape index (κ1) is 16.6. The average Bonchev–Trinajstić information content (AvgIpc) is 3.12. The molecular formula is C22H17N3O2. The SMILES string of the molecule is Oc1ccccc1C=Cc1nc(-c2ccccc2O)n(-c2ccccc2)n1. The highest BCUT2D eigenvalue weighted by molar-refractivity contribution is 5.72. The summed E-state index contributed by atoms with van der Waals surface area (Å²) in [6.45, 7) is 0. The smallest absolute Gasteiger partial charge is 0.175 e. The molecule has 5 heteroatoms. The van der Waals surface area contributed by atoms with Crippen molar-refractivity contribution in [3.63, 3.8) is 0 Å². The Hall–Kier alpha value is -3.86. The molecule has 1 aromatic heterocycles. The molecule has 2 N–H and O–H groups in total. The third-order valence-electron chi connectivity index (χ3n) is 4.12. The summed E-state index contributed by atoms with van der Waals surface area (Å²) in [6.07, 6.45) is 3.49. The zero-order chi connectivity index (χ0) is 18.6. The molecule has 0 saturated heterocycles. The number of hydrogen-bond acceptors (Lipinski definition) is 4. The first-order chi connectivity index (χ1) is 13.2. The Morgan fingerprint density at radius 2 is 1.37 bits per heavy atom. The van der Waals surface area contributed by atoms with Crippen molar-refractivity contribution in [2.75, 3.05) is 0 Å². The van der Waals surface area contributed by atoms with Gasteiger partial charge in [-0.1, -0.05) is 48.5 Å². The molecule has 0 bridgehead atoms. The van der Waals surface area contributed by atoms with Crippen LogP contribution in [-0.2, 0) is 0 Å². The summed E-state index contributed by atoms with van der Waals surface area (Å²) in [5, 5.41) is 24.7. The normalized spacial score (nSPS) is 11.1. The van der Waals surface area contributed by atoms with Gasteiger partial charge in [0.05, 0.1) is 11.3 Å². The summed E-state index contributed by atoms with van der Waals surface area (Å²) in [5.74, 6) is 1.34. The van der Waals surface area contributed by atoms with Gasteiger partial charge in [-0.25, -0.2) is 9.67 Å². The lowest BCUT2D eigenvalue weighted by atomic mass is 10.2. The molecule has 5 nitrogen and oxygen atoms in total. The lowest BCUT2D eigenvalue weighted by Gasteiger charge is -2.06. The second-order valence-electron chi connectivity index (χ2n) is 5.95. The second kappa shape index (κ2) is 7.17. The zero-order valence-corrected chi connectivity index (χ0v) is 14.4. The molecule has 0 aliphatic heterocycles. The molecule has 1 heterocycles. The molecule has 0 unspecified atom stereocenters. The lowest BCUT2D eigenvalue weighted by Crippen LogP contribution is -1.99. The van der Waals surface area contributed by atoms with Crippen LogP contribution in [0.1, 0.15) is 11.4 Å². The predicted octanol–water partition coefficient (Wildman–Crippen LogP) is 4.52. The maximum Gasteiger partial charge on any atom is 0.175 e. The van der Waals surface area contributed by atoms with Gasteiger partial charge in [0.15, 0.2) is 11.6 Å². The van der Waals surface area contributed by atoms with Crippen LogP contribution in [0.3, 0.4) is 0 Å². The third-order valence-corrected chi connectivity index (χ3v) is 4.12. The molecule has 4 rings (SSSR count). The highest BCUT2D eigenvalue weighted by Crippen LogP contribution is 2.29. The number of aromatic nitrogens is 3. The number of nitrogens with zero attached hydrogens (tertiary/aromatic N) is 3. The Morgan fingerprint density at radius 1 is 0.704 bits per heavy atom. The van der Waals surface area contributed by atoms with Gasteiger partial charge in [-0.15, -0.1) is 5.10 Å². The van der Waals surface area contributed by atoms with Crippen LogP contribution in [0.5, 0.6) is 11.5 Å². The minimum absolute atomic E-state index is 0.137. The Balaban J connectivity index is 1.81. The molecule has 4 aromatic rings. The van der Waals surface area contributed by atoms with Crippen LogP contribution >= 0.6 is 0 Å². The number of phenolic OH excluding ortho intramolecular Hbond substituents is 2. The summed E-state index contributed by atoms with van der Waals surface area (Å²) in [4.78, 5) is 4.59. The number of hydrogen-bond donors (Lipinski definition) is 2. The van der Waals surface area contributed by atoms with Crippen molar-refractivity contribution in [1.82, 2.24) is 14.8 Å². The molecule has 0 saturated carbocycles. The Bertz CT molecular complexity index is 1100. The number of aromatic hydroxyl groups is 2. The number of benzene rings is 3. The fourth-order valence-electron chi connectivity index (χ4n) is 2.78. The molecule has 132 valence electrons. The van der Waals surface area contributed by atoms with Crippen molar-refractivity contribution in [1.29, 1.82) is 0 Å². The van der Waals surface area contributed by atoms with Crippen LogP contribution in [0.25, 0.3) is 29.2 Å². The lowest BCUT2D eigenvalue weighted by molar-refractivity contribution is 0.474. The van der Waals surface area contributed by atoms with Gasteiger partial charge < -0.3 is 10.2 Å². The van der Waals surface area contributed by atoms with Gasteiger partial charge in [-0.3, -0.25) is 0 Å². The molecule has 0 atom stereocenters. The van der Waals surface area contributed by atoms with E-state index in [-0.39, 0.29) is 11.5 Å². The monoisotopic (exact) mass is 355 g/mol. The van der Waals surface area contributed by atoms with Crippen molar-refractivity contribution in [2.45, 2.75) is 0 Å². The molecule has 0 radical (unpaired) electrons. The second-order valence-corrected chi connectivity index (χ2v) is 5.95. The molecule has 27 heavy (non-hydrogen) atoms. The largest absolute Gasteiger partial charge is 0.507 e. The third kappa shape index (κ3) is 3.43. The first-order valence-corrected chi connectivity index (χ1v) is 8.49. The van der Waals surface area contributed by atoms with Crippen molar-refractivity contribution in [3.05, 3.63) is 90.3 Å². The van der Waals surface area contributed by atoms with E-state index in [2.05, 4.69) is 10.1 Å². The molecule has 0 aliphatic rings. The molecule has 0 fully saturated rings. The van der Waals surface area contributed by atoms with E-state index in [9.17, 15) is 10.2 Å². The fraction of sp³-hybridized carbons (Fsp3) is 0. The van der Waals surface area contributed by atoms with Gasteiger partial charge in [0.1, 0.15) is 11.5 Å². The van der Waals surface area contributed by atoms with E-state index in [4.69, 9.17) is 0 Å². The van der Waals surface area contributed by atoms with Gasteiger partial charge in [-0.2, -0.15) is 0 Å². The van der Waals surface area contributed by atoms with Crippen LogP contribution in [0.15, 0.2) is 78.9 Å². The summed E-state index contributed by atoms with van der Waals surface area (Å²) in [5.41, 5.74) is 2.11. The molecule has 3 aromatic carbocycles. The van der Waals surface area contributed by atoms with Gasteiger partial charge >= 0.3 is 0 Å². The van der Waals surface area contributed by atoms with E-state index in [1.807, 2.05) is 48.5 Å². The quantitative estimate of drug-likeness (QED) is 0.565. The molecule has 0 aliphatic carbocycles. The molecule has 0 spiro atoms. The van der Waals surface area contributed by atoms with Crippen molar-refractivity contribution < 1.29 is 10.2 Å². The standard InChI is InChI=1S/C22H17N3O2/c26-19-12-6-4-8-16(19)14-15-21-23-22(18-11-5-7-13-20(18)27)25(24-21)17-9-2-1-3-10-17/h1-15,26-27H. The van der Waals surface area contributed by atoms with Gasteiger partial charge in [0.25, 0.3) is 0 Å². The van der Waals surface area contributed by atoms with E-state index in [1.165, 1.54) is 0 Å². The highest BCUT2D eigenvalue weighted by atomic mass is 16.3. The van der Waals surface area contributed by atoms with Crippen LogP contribution in [-0.4, -0.2) is 25.0 Å². The van der Waals surface area contributed by atoms with Gasteiger partial charge in [-0.05, 0) is 42.5 Å². The summed E-state index contributed by atoms with van der Waals surface area (Å²) < 4.78 is 1.69. The predicted molar refractivity (Wildman–Crippen MR) is 105 cm³/mol. The maximum absolute atomic E-state index is 10.3. The fourth-order valence-corrected chi connectivity index (χ4v) is 2.78. The van der Waals surface area contributed by atoms with Crippen molar-refractivity contribution >= 4 is 12.2 Å². The average molecular weight is 355 g/mol. The number of para-hydroxylation sites is 3. The Morgan fingerprint density at radius 3 is 2.11 bits per heavy atom. The molecular weight excluding hydrogens is 338 g/mol. The highest BCUT2D eigenvalue weighted by Gasteiger charge is 2.15. The van der Waals surface area contributed by atoms with Crippen molar-refractivity contribution in [3.8, 4) is 28.6 Å². The van der Waals surface area contributed by atoms with Gasteiger partial charge in [0.2, 0.25) is 0 Å². The summed E-state index contributed by atoms with van der Waals surface area (Å²) in [6, 6.07) is 23.7. The van der Waals surface area contributed by atoms with Crippen LogP contribution in [0.4, 0.5) is 0 Å². The minimum Gasteiger partial charge on any atom is -0.507 e. The summed E-state index contributed by atoms with van der Waals surface area (Å²) >= 11 is 0. The summed E-state index contributed by atoms with van der Waals surface area (Å²) in [7, 11) is 0. The number of phenols is 2.